The summed E-state index contributed by atoms with van der Waals surface area (Å²) in [7, 11) is 0. The lowest BCUT2D eigenvalue weighted by molar-refractivity contribution is 1.01. The summed E-state index contributed by atoms with van der Waals surface area (Å²) in [5, 5.41) is 4.01. The highest BCUT2D eigenvalue weighted by Gasteiger charge is 2.13. The van der Waals surface area contributed by atoms with Crippen LogP contribution in [0.25, 0.3) is 16.6 Å². The maximum absolute atomic E-state index is 12.7. The van der Waals surface area contributed by atoms with Crippen LogP contribution < -0.4 is 15.5 Å². The number of para-hydroxylation sites is 1. The summed E-state index contributed by atoms with van der Waals surface area (Å²) >= 11 is 1.47. The molecule has 0 amide bonds. The maximum atomic E-state index is 12.7. The Morgan fingerprint density at radius 2 is 2.00 bits per heavy atom. The van der Waals surface area contributed by atoms with Crippen LogP contribution in [0.2, 0.25) is 0 Å². The number of hydrogen-bond donors (Lipinski definition) is 2. The normalized spacial score (nSPS) is 13.4. The molecule has 2 aromatic heterocycles. The second-order valence-electron chi connectivity index (χ2n) is 6.22. The monoisotopic (exact) mass is 376 g/mol. The molecule has 27 heavy (non-hydrogen) atoms. The van der Waals surface area contributed by atoms with Crippen molar-refractivity contribution in [2.24, 2.45) is 0 Å². The van der Waals surface area contributed by atoms with E-state index in [1.807, 2.05) is 42.7 Å². The Labute approximate surface area is 162 Å². The van der Waals surface area contributed by atoms with E-state index in [0.717, 1.165) is 35.6 Å². The van der Waals surface area contributed by atoms with Crippen molar-refractivity contribution in [2.45, 2.75) is 12.8 Å². The molecule has 0 atom stereocenters. The van der Waals surface area contributed by atoms with Gasteiger partial charge in [0.15, 0.2) is 5.43 Å². The van der Waals surface area contributed by atoms with Gasteiger partial charge in [0.1, 0.15) is 11.6 Å². The third kappa shape index (κ3) is 3.61. The van der Waals surface area contributed by atoms with E-state index in [2.05, 4.69) is 37.8 Å². The van der Waals surface area contributed by atoms with Gasteiger partial charge < -0.3 is 10.0 Å². The van der Waals surface area contributed by atoms with Crippen molar-refractivity contribution < 1.29 is 0 Å². The Morgan fingerprint density at radius 1 is 1.15 bits per heavy atom. The highest BCUT2D eigenvalue weighted by atomic mass is 32.2. The number of nitrogens with zero attached hydrogens (tertiary/aromatic N) is 2. The smallest absolute Gasteiger partial charge is 0.193 e. The molecule has 0 aliphatic heterocycles. The predicted molar refractivity (Wildman–Crippen MR) is 115 cm³/mol. The van der Waals surface area contributed by atoms with Crippen LogP contribution in [-0.4, -0.2) is 15.8 Å². The number of hydrogen-bond acceptors (Lipinski definition) is 5. The number of nitrogens with one attached hydrogen (secondary N) is 2. The Hall–Kier alpha value is -2.99. The highest BCUT2D eigenvalue weighted by molar-refractivity contribution is 7.99. The van der Waals surface area contributed by atoms with E-state index in [0.29, 0.717) is 11.2 Å². The second-order valence-corrected chi connectivity index (χ2v) is 6.83. The molecule has 2 heterocycles. The zero-order valence-corrected chi connectivity index (χ0v) is 15.8. The minimum absolute atomic E-state index is 0.0525. The summed E-state index contributed by atoms with van der Waals surface area (Å²) in [5.41, 5.74) is 2.74. The van der Waals surface area contributed by atoms with Gasteiger partial charge in [0.2, 0.25) is 0 Å². The van der Waals surface area contributed by atoms with E-state index in [9.17, 15) is 4.79 Å². The average molecular weight is 376 g/mol. The van der Waals surface area contributed by atoms with Crippen LogP contribution in [0.15, 0.2) is 77.4 Å². The molecule has 0 saturated carbocycles. The number of fused-ring (bicyclic) bond motifs is 1. The van der Waals surface area contributed by atoms with Gasteiger partial charge in [0.25, 0.3) is 0 Å². The number of aromatic nitrogens is 2. The zero-order chi connectivity index (χ0) is 18.6. The molecule has 1 aliphatic rings. The third-order valence-electron chi connectivity index (χ3n) is 4.39. The number of allylic oxidation sites excluding steroid dienone is 3. The summed E-state index contributed by atoms with van der Waals surface area (Å²) in [5.74, 6) is 1.45. The number of pyridine rings is 2. The zero-order valence-electron chi connectivity index (χ0n) is 15.0. The van der Waals surface area contributed by atoms with Crippen LogP contribution in [0.4, 0.5) is 11.6 Å². The fraction of sp³-hybridized carbons (Fsp3) is 0.143. The van der Waals surface area contributed by atoms with Gasteiger partial charge in [0.05, 0.1) is 10.9 Å². The summed E-state index contributed by atoms with van der Waals surface area (Å²) in [6, 6.07) is 13.6. The van der Waals surface area contributed by atoms with Gasteiger partial charge in [-0.25, -0.2) is 4.98 Å². The van der Waals surface area contributed by atoms with Gasteiger partial charge in [-0.2, -0.15) is 0 Å². The molecule has 0 saturated heterocycles. The first-order valence-corrected chi connectivity index (χ1v) is 10.0. The molecule has 136 valence electrons. The van der Waals surface area contributed by atoms with Crippen molar-refractivity contribution in [2.75, 3.05) is 16.3 Å². The molecule has 0 spiro atoms. The van der Waals surface area contributed by atoms with Crippen molar-refractivity contribution in [3.05, 3.63) is 82.8 Å². The van der Waals surface area contributed by atoms with Gasteiger partial charge in [-0.1, -0.05) is 42.3 Å². The molecule has 1 aliphatic carbocycles. The molecule has 3 aromatic rings. The topological polar surface area (TPSA) is 59.0 Å². The fourth-order valence-electron chi connectivity index (χ4n) is 3.18. The number of benzene rings is 1. The van der Waals surface area contributed by atoms with Gasteiger partial charge in [-0.3, -0.25) is 9.36 Å². The molecule has 4 rings (SSSR count). The van der Waals surface area contributed by atoms with Crippen LogP contribution in [0.1, 0.15) is 12.8 Å². The summed E-state index contributed by atoms with van der Waals surface area (Å²) in [4.78, 5) is 17.1. The van der Waals surface area contributed by atoms with Crippen LogP contribution in [0.5, 0.6) is 0 Å². The lowest BCUT2D eigenvalue weighted by Gasteiger charge is -2.20. The highest BCUT2D eigenvalue weighted by Crippen LogP contribution is 2.26. The van der Waals surface area contributed by atoms with Gasteiger partial charge >= 0.3 is 0 Å². The van der Waals surface area contributed by atoms with Crippen LogP contribution in [-0.2, 0) is 0 Å². The summed E-state index contributed by atoms with van der Waals surface area (Å²) in [6.07, 6.45) is 12.0. The molecule has 0 unspecified atom stereocenters. The van der Waals surface area contributed by atoms with E-state index in [4.69, 9.17) is 0 Å². The van der Waals surface area contributed by atoms with Crippen molar-refractivity contribution >= 4 is 34.5 Å². The van der Waals surface area contributed by atoms with Crippen molar-refractivity contribution in [1.29, 1.82) is 0 Å². The molecule has 6 heteroatoms. The summed E-state index contributed by atoms with van der Waals surface area (Å²) in [6.45, 7) is 0. The van der Waals surface area contributed by atoms with E-state index >= 15 is 0 Å². The Balaban J connectivity index is 1.96. The van der Waals surface area contributed by atoms with E-state index in [-0.39, 0.29) is 5.43 Å². The molecular weight excluding hydrogens is 356 g/mol. The Kier molecular flexibility index (Phi) is 4.98. The average Bonchev–Trinajstić information content (AvgIpc) is 2.70. The van der Waals surface area contributed by atoms with E-state index < -0.39 is 0 Å². The van der Waals surface area contributed by atoms with E-state index in [1.54, 1.807) is 12.3 Å². The van der Waals surface area contributed by atoms with E-state index in [1.165, 1.54) is 11.9 Å². The van der Waals surface area contributed by atoms with Gasteiger partial charge in [0, 0.05) is 36.0 Å². The fourth-order valence-corrected chi connectivity index (χ4v) is 3.50. The van der Waals surface area contributed by atoms with Gasteiger partial charge in [-0.05, 0) is 31.1 Å². The predicted octanol–water partition coefficient (Wildman–Crippen LogP) is 4.72. The van der Waals surface area contributed by atoms with Crippen molar-refractivity contribution in [3.63, 3.8) is 0 Å². The van der Waals surface area contributed by atoms with Crippen LogP contribution in [0.3, 0.4) is 0 Å². The SMILES string of the molecule is CSNc1cc2c(cn1)c(=O)cc(NC1=CCCC=C1)n2-c1ccccc1. The first kappa shape index (κ1) is 17.4. The van der Waals surface area contributed by atoms with Crippen molar-refractivity contribution in [3.8, 4) is 5.69 Å². The first-order chi connectivity index (χ1) is 13.3. The first-order valence-electron chi connectivity index (χ1n) is 8.80. The molecule has 5 nitrogen and oxygen atoms in total. The van der Waals surface area contributed by atoms with Crippen molar-refractivity contribution in [1.82, 2.24) is 9.55 Å². The van der Waals surface area contributed by atoms with Gasteiger partial charge in [-0.15, -0.1) is 0 Å². The quantitative estimate of drug-likeness (QED) is 0.631. The number of rotatable bonds is 5. The molecule has 0 bridgehead atoms. The molecule has 2 N–H and O–H groups in total. The second kappa shape index (κ2) is 7.72. The third-order valence-corrected chi connectivity index (χ3v) is 4.80. The standard InChI is InChI=1S/C21H20N4OS/c1-27-24-20-12-18-17(14-22-20)19(26)13-21(23-15-8-4-2-5-9-15)25(18)16-10-6-3-7-11-16/h3-4,6-14,23H,2,5H2,1H3,(H,22,24). The maximum Gasteiger partial charge on any atom is 0.193 e. The Morgan fingerprint density at radius 3 is 2.74 bits per heavy atom. The number of anilines is 2. The largest absolute Gasteiger partial charge is 0.342 e. The lowest BCUT2D eigenvalue weighted by Crippen LogP contribution is -2.14. The molecule has 1 aromatic carbocycles. The molecule has 0 radical (unpaired) electrons. The molecule has 0 fully saturated rings. The minimum Gasteiger partial charge on any atom is -0.342 e. The minimum atomic E-state index is -0.0525. The Bertz CT molecular complexity index is 1090. The van der Waals surface area contributed by atoms with Crippen LogP contribution in [0, 0.1) is 0 Å². The molecular formula is C21H20N4OS. The summed E-state index contributed by atoms with van der Waals surface area (Å²) < 4.78 is 5.21. The lowest BCUT2D eigenvalue weighted by atomic mass is 10.1. The van der Waals surface area contributed by atoms with Crippen LogP contribution >= 0.6 is 11.9 Å².